The van der Waals surface area contributed by atoms with Crippen LogP contribution in [0.4, 0.5) is 5.69 Å². The molecule has 1 amide bonds. The van der Waals surface area contributed by atoms with Crippen LogP contribution in [0.5, 0.6) is 11.5 Å². The van der Waals surface area contributed by atoms with Gasteiger partial charge in [-0.25, -0.2) is 4.79 Å². The lowest BCUT2D eigenvalue weighted by atomic mass is 10.1. The second kappa shape index (κ2) is 5.54. The van der Waals surface area contributed by atoms with Crippen molar-refractivity contribution in [3.8, 4) is 11.5 Å². The number of benzene rings is 2. The zero-order chi connectivity index (χ0) is 15.6. The van der Waals surface area contributed by atoms with Gasteiger partial charge in [0.25, 0.3) is 5.91 Å². The van der Waals surface area contributed by atoms with Gasteiger partial charge in [-0.05, 0) is 36.8 Å². The quantitative estimate of drug-likeness (QED) is 0.648. The number of carbonyl (C=O) groups excluding carboxylic acids is 1. The van der Waals surface area contributed by atoms with Crippen molar-refractivity contribution in [2.75, 3.05) is 5.32 Å². The number of hydrogen-bond acceptors (Lipinski definition) is 4. The van der Waals surface area contributed by atoms with E-state index in [0.29, 0.717) is 0 Å². The molecule has 6 heteroatoms. The van der Waals surface area contributed by atoms with Crippen molar-refractivity contribution < 1.29 is 24.9 Å². The Balaban J connectivity index is 2.32. The van der Waals surface area contributed by atoms with E-state index < -0.39 is 17.6 Å². The molecule has 0 saturated heterocycles. The van der Waals surface area contributed by atoms with Gasteiger partial charge >= 0.3 is 5.97 Å². The monoisotopic (exact) mass is 287 g/mol. The first-order chi connectivity index (χ1) is 9.90. The fraction of sp³-hybridized carbons (Fsp3) is 0.0667. The highest BCUT2D eigenvalue weighted by Gasteiger charge is 2.17. The number of carboxylic acids is 1. The second-order valence-corrected chi connectivity index (χ2v) is 4.48. The number of hydrogen-bond donors (Lipinski definition) is 4. The van der Waals surface area contributed by atoms with Gasteiger partial charge < -0.3 is 20.6 Å². The van der Waals surface area contributed by atoms with Crippen LogP contribution in [0.1, 0.15) is 26.3 Å². The van der Waals surface area contributed by atoms with Crippen molar-refractivity contribution in [1.29, 1.82) is 0 Å². The lowest BCUT2D eigenvalue weighted by Crippen LogP contribution is -2.13. The number of amides is 1. The maximum Gasteiger partial charge on any atom is 0.339 e. The van der Waals surface area contributed by atoms with E-state index in [9.17, 15) is 19.8 Å². The molecule has 0 aliphatic carbocycles. The fourth-order valence-electron chi connectivity index (χ4n) is 1.84. The van der Waals surface area contributed by atoms with Gasteiger partial charge in [0.1, 0.15) is 11.3 Å². The molecular weight excluding hydrogens is 274 g/mol. The third kappa shape index (κ3) is 2.94. The minimum atomic E-state index is -1.30. The summed E-state index contributed by atoms with van der Waals surface area (Å²) in [7, 11) is 0. The molecule has 0 bridgehead atoms. The Kier molecular flexibility index (Phi) is 3.80. The summed E-state index contributed by atoms with van der Waals surface area (Å²) >= 11 is 0. The van der Waals surface area contributed by atoms with Crippen molar-refractivity contribution in [2.24, 2.45) is 0 Å². The number of carbonyl (C=O) groups is 2. The van der Waals surface area contributed by atoms with Crippen LogP contribution in [-0.2, 0) is 0 Å². The van der Waals surface area contributed by atoms with Crippen molar-refractivity contribution in [3.05, 3.63) is 53.1 Å². The van der Waals surface area contributed by atoms with Gasteiger partial charge in [-0.3, -0.25) is 4.79 Å². The van der Waals surface area contributed by atoms with Crippen LogP contribution in [0.15, 0.2) is 36.4 Å². The Labute approximate surface area is 120 Å². The van der Waals surface area contributed by atoms with E-state index in [1.165, 1.54) is 30.3 Å². The Morgan fingerprint density at radius 3 is 2.38 bits per heavy atom. The van der Waals surface area contributed by atoms with E-state index in [2.05, 4.69) is 5.32 Å². The maximum absolute atomic E-state index is 12.0. The summed E-state index contributed by atoms with van der Waals surface area (Å²) in [6.45, 7) is 1.77. The first kappa shape index (κ1) is 14.4. The molecule has 0 saturated carbocycles. The van der Waals surface area contributed by atoms with Gasteiger partial charge in [-0.1, -0.05) is 12.1 Å². The molecule has 0 aliphatic rings. The molecule has 0 fully saturated rings. The Morgan fingerprint density at radius 1 is 1.05 bits per heavy atom. The van der Waals surface area contributed by atoms with Crippen molar-refractivity contribution in [3.63, 3.8) is 0 Å². The van der Waals surface area contributed by atoms with Crippen LogP contribution in [-0.4, -0.2) is 27.2 Å². The van der Waals surface area contributed by atoms with Crippen molar-refractivity contribution in [2.45, 2.75) is 6.92 Å². The number of nitrogens with one attached hydrogen (secondary N) is 1. The van der Waals surface area contributed by atoms with Gasteiger partial charge in [0.2, 0.25) is 0 Å². The molecule has 6 nitrogen and oxygen atoms in total. The molecule has 21 heavy (non-hydrogen) atoms. The number of phenols is 2. The lowest BCUT2D eigenvalue weighted by Gasteiger charge is -2.10. The molecule has 0 unspecified atom stereocenters. The van der Waals surface area contributed by atoms with Crippen LogP contribution in [0.25, 0.3) is 0 Å². The van der Waals surface area contributed by atoms with Crippen LogP contribution in [0.2, 0.25) is 0 Å². The number of anilines is 1. The Hall–Kier alpha value is -3.02. The van der Waals surface area contributed by atoms with E-state index >= 15 is 0 Å². The Morgan fingerprint density at radius 2 is 1.76 bits per heavy atom. The largest absolute Gasteiger partial charge is 0.507 e. The average Bonchev–Trinajstić information content (AvgIpc) is 2.40. The predicted molar refractivity (Wildman–Crippen MR) is 75.9 cm³/mol. The zero-order valence-electron chi connectivity index (χ0n) is 11.1. The highest BCUT2D eigenvalue weighted by molar-refractivity contribution is 6.07. The summed E-state index contributed by atoms with van der Waals surface area (Å²) in [6, 6.07) is 8.51. The molecule has 0 spiro atoms. The van der Waals surface area contributed by atoms with E-state index in [1.54, 1.807) is 13.0 Å². The maximum atomic E-state index is 12.0. The number of rotatable bonds is 3. The third-order valence-electron chi connectivity index (χ3n) is 2.91. The van der Waals surface area contributed by atoms with E-state index in [4.69, 9.17) is 5.11 Å². The molecule has 4 N–H and O–H groups in total. The summed E-state index contributed by atoms with van der Waals surface area (Å²) in [4.78, 5) is 23.0. The molecule has 0 radical (unpaired) electrons. The molecule has 108 valence electrons. The van der Waals surface area contributed by atoms with Crippen LogP contribution in [0, 0.1) is 6.92 Å². The van der Waals surface area contributed by atoms with Gasteiger partial charge in [-0.15, -0.1) is 0 Å². The number of phenolic OH excluding ortho intramolecular Hbond substituents is 1. The fourth-order valence-corrected chi connectivity index (χ4v) is 1.84. The molecular formula is C15H13NO5. The molecule has 2 rings (SSSR count). The third-order valence-corrected chi connectivity index (χ3v) is 2.91. The molecule has 2 aromatic carbocycles. The standard InChI is InChI=1S/C15H13NO5/c1-8-5-6-9(12(17)7-8)14(19)16-11-4-2-3-10(13(11)18)15(20)21/h2-7,17-18H,1H3,(H,16,19)(H,20,21). The Bertz CT molecular complexity index is 724. The minimum Gasteiger partial charge on any atom is -0.507 e. The van der Waals surface area contributed by atoms with Gasteiger partial charge in [-0.2, -0.15) is 0 Å². The summed E-state index contributed by atoms with van der Waals surface area (Å²) < 4.78 is 0. The number of aromatic hydroxyl groups is 2. The van der Waals surface area contributed by atoms with Crippen molar-refractivity contribution >= 4 is 17.6 Å². The van der Waals surface area contributed by atoms with Gasteiger partial charge in [0.05, 0.1) is 11.3 Å². The normalized spacial score (nSPS) is 10.1. The minimum absolute atomic E-state index is 0.0285. The molecule has 0 aromatic heterocycles. The van der Waals surface area contributed by atoms with Crippen LogP contribution >= 0.6 is 0 Å². The second-order valence-electron chi connectivity index (χ2n) is 4.48. The molecule has 2 aromatic rings. The molecule has 0 heterocycles. The number of aromatic carboxylic acids is 1. The number of aryl methyl sites for hydroxylation is 1. The smallest absolute Gasteiger partial charge is 0.339 e. The molecule has 0 atom stereocenters. The zero-order valence-corrected chi connectivity index (χ0v) is 11.1. The van der Waals surface area contributed by atoms with E-state index in [1.807, 2.05) is 0 Å². The summed E-state index contributed by atoms with van der Waals surface area (Å²) in [5.74, 6) is -2.68. The highest BCUT2D eigenvalue weighted by atomic mass is 16.4. The summed E-state index contributed by atoms with van der Waals surface area (Å²) in [5.41, 5.74) is 0.460. The summed E-state index contributed by atoms with van der Waals surface area (Å²) in [6.07, 6.45) is 0. The first-order valence-corrected chi connectivity index (χ1v) is 6.06. The van der Waals surface area contributed by atoms with Gasteiger partial charge in [0.15, 0.2) is 5.75 Å². The van der Waals surface area contributed by atoms with Crippen LogP contribution in [0.3, 0.4) is 0 Å². The van der Waals surface area contributed by atoms with Crippen molar-refractivity contribution in [1.82, 2.24) is 0 Å². The highest BCUT2D eigenvalue weighted by Crippen LogP contribution is 2.28. The van der Waals surface area contributed by atoms with Gasteiger partial charge in [0, 0.05) is 0 Å². The summed E-state index contributed by atoms with van der Waals surface area (Å²) in [5, 5.41) is 30.8. The number of para-hydroxylation sites is 1. The van der Waals surface area contributed by atoms with E-state index in [-0.39, 0.29) is 22.6 Å². The lowest BCUT2D eigenvalue weighted by molar-refractivity contribution is 0.0693. The number of carboxylic acid groups (broad SMARTS) is 1. The molecule has 0 aliphatic heterocycles. The topological polar surface area (TPSA) is 107 Å². The predicted octanol–water partition coefficient (Wildman–Crippen LogP) is 2.36. The van der Waals surface area contributed by atoms with Crippen LogP contribution < -0.4 is 5.32 Å². The average molecular weight is 287 g/mol. The first-order valence-electron chi connectivity index (χ1n) is 6.06. The SMILES string of the molecule is Cc1ccc(C(=O)Nc2cccc(C(=O)O)c2O)c(O)c1. The van der Waals surface area contributed by atoms with E-state index in [0.717, 1.165) is 5.56 Å².